The molecule has 1 aliphatic rings. The molecule has 1 aromatic carbocycles. The maximum atomic E-state index is 6.26. The third-order valence-corrected chi connectivity index (χ3v) is 4.29. The van der Waals surface area contributed by atoms with Crippen LogP contribution in [0.5, 0.6) is 0 Å². The van der Waals surface area contributed by atoms with E-state index in [1.165, 1.54) is 25.9 Å². The second kappa shape index (κ2) is 7.25. The Hall–Kier alpha value is -0.840. The topological polar surface area (TPSA) is 28.5 Å². The monoisotopic (exact) mass is 312 g/mol. The molecule has 2 rings (SSSR count). The first-order chi connectivity index (χ1) is 9.56. The number of halogens is 1. The van der Waals surface area contributed by atoms with Crippen molar-refractivity contribution in [3.63, 3.8) is 0 Å². The molecule has 0 radical (unpaired) electrons. The largest absolute Gasteiger partial charge is 0.357 e. The number of quaternary nitrogens is 1. The summed E-state index contributed by atoms with van der Waals surface area (Å²) in [5, 5.41) is 7.85. The lowest BCUT2D eigenvalue weighted by atomic mass is 10.1. The van der Waals surface area contributed by atoms with Crippen LogP contribution in [-0.4, -0.2) is 31.3 Å². The summed E-state index contributed by atoms with van der Waals surface area (Å²) in [4.78, 5) is 1.67. The molecular formula is C15H23ClN3S+. The van der Waals surface area contributed by atoms with Crippen LogP contribution in [0.4, 0.5) is 5.69 Å². The SMILES string of the molecule is Cc1cc(C)c(NC(=S)NCC[NH+]2CCCC2)c(Cl)c1. The Morgan fingerprint density at radius 3 is 2.65 bits per heavy atom. The van der Waals surface area contributed by atoms with Crippen molar-refractivity contribution in [2.45, 2.75) is 26.7 Å². The normalized spacial score (nSPS) is 15.3. The van der Waals surface area contributed by atoms with E-state index < -0.39 is 0 Å². The van der Waals surface area contributed by atoms with Crippen molar-refractivity contribution in [2.75, 3.05) is 31.5 Å². The van der Waals surface area contributed by atoms with E-state index >= 15 is 0 Å². The predicted octanol–water partition coefficient (Wildman–Crippen LogP) is 1.92. The van der Waals surface area contributed by atoms with Gasteiger partial charge in [0.25, 0.3) is 0 Å². The third-order valence-electron chi connectivity index (χ3n) is 3.75. The van der Waals surface area contributed by atoms with Gasteiger partial charge in [0.05, 0.1) is 36.9 Å². The maximum absolute atomic E-state index is 6.26. The number of aryl methyl sites for hydroxylation is 2. The minimum absolute atomic E-state index is 0.650. The molecule has 1 aliphatic heterocycles. The van der Waals surface area contributed by atoms with Crippen LogP contribution < -0.4 is 15.5 Å². The number of hydrogen-bond acceptors (Lipinski definition) is 1. The van der Waals surface area contributed by atoms with Crippen molar-refractivity contribution >= 4 is 34.6 Å². The van der Waals surface area contributed by atoms with Gasteiger partial charge in [-0.05, 0) is 43.3 Å². The standard InChI is InChI=1S/C15H22ClN3S/c1-11-9-12(2)14(13(16)10-11)18-15(20)17-5-8-19-6-3-4-7-19/h9-10H,3-8H2,1-2H3,(H2,17,18,20)/p+1. The average molecular weight is 313 g/mol. The number of anilines is 1. The average Bonchev–Trinajstić information content (AvgIpc) is 2.87. The Morgan fingerprint density at radius 2 is 2.00 bits per heavy atom. The number of nitrogens with one attached hydrogen (secondary N) is 3. The molecule has 20 heavy (non-hydrogen) atoms. The summed E-state index contributed by atoms with van der Waals surface area (Å²) in [7, 11) is 0. The van der Waals surface area contributed by atoms with Crippen LogP contribution in [0.25, 0.3) is 0 Å². The molecule has 0 aliphatic carbocycles. The zero-order valence-corrected chi connectivity index (χ0v) is 13.8. The lowest BCUT2D eigenvalue weighted by Crippen LogP contribution is -3.10. The smallest absolute Gasteiger partial charge is 0.171 e. The van der Waals surface area contributed by atoms with E-state index in [2.05, 4.69) is 16.7 Å². The van der Waals surface area contributed by atoms with Crippen molar-refractivity contribution in [3.8, 4) is 0 Å². The molecule has 0 bridgehead atoms. The molecule has 0 spiro atoms. The van der Waals surface area contributed by atoms with E-state index in [-0.39, 0.29) is 0 Å². The highest BCUT2D eigenvalue weighted by Gasteiger charge is 2.14. The van der Waals surface area contributed by atoms with E-state index in [0.29, 0.717) is 5.11 Å². The van der Waals surface area contributed by atoms with Crippen LogP contribution in [0, 0.1) is 13.8 Å². The number of hydrogen-bond donors (Lipinski definition) is 3. The zero-order chi connectivity index (χ0) is 14.5. The van der Waals surface area contributed by atoms with Crippen molar-refractivity contribution in [1.29, 1.82) is 0 Å². The number of thiocarbonyl (C=S) groups is 1. The van der Waals surface area contributed by atoms with Gasteiger partial charge in [-0.3, -0.25) is 0 Å². The van der Waals surface area contributed by atoms with Crippen LogP contribution in [-0.2, 0) is 0 Å². The van der Waals surface area contributed by atoms with Crippen LogP contribution >= 0.6 is 23.8 Å². The van der Waals surface area contributed by atoms with Gasteiger partial charge in [-0.2, -0.15) is 0 Å². The van der Waals surface area contributed by atoms with Gasteiger partial charge in [0, 0.05) is 12.8 Å². The zero-order valence-electron chi connectivity index (χ0n) is 12.2. The highest BCUT2D eigenvalue weighted by molar-refractivity contribution is 7.80. The molecule has 3 N–H and O–H groups in total. The van der Waals surface area contributed by atoms with Crippen LogP contribution in [0.15, 0.2) is 12.1 Å². The van der Waals surface area contributed by atoms with Crippen LogP contribution in [0.2, 0.25) is 5.02 Å². The summed E-state index contributed by atoms with van der Waals surface area (Å²) in [6.45, 7) is 8.71. The highest BCUT2D eigenvalue weighted by atomic mass is 35.5. The minimum Gasteiger partial charge on any atom is -0.357 e. The highest BCUT2D eigenvalue weighted by Crippen LogP contribution is 2.27. The Balaban J connectivity index is 1.82. The second-order valence-corrected chi connectivity index (χ2v) is 6.34. The first-order valence-corrected chi connectivity index (χ1v) is 8.00. The fourth-order valence-corrected chi connectivity index (χ4v) is 3.28. The van der Waals surface area contributed by atoms with E-state index in [4.69, 9.17) is 23.8 Å². The molecule has 1 saturated heterocycles. The minimum atomic E-state index is 0.650. The molecule has 0 atom stereocenters. The summed E-state index contributed by atoms with van der Waals surface area (Å²) < 4.78 is 0. The third kappa shape index (κ3) is 4.33. The summed E-state index contributed by atoms with van der Waals surface area (Å²) in [5.41, 5.74) is 3.18. The number of rotatable bonds is 4. The Morgan fingerprint density at radius 1 is 1.30 bits per heavy atom. The van der Waals surface area contributed by atoms with Gasteiger partial charge in [0.1, 0.15) is 0 Å². The molecule has 1 heterocycles. The molecule has 0 saturated carbocycles. The van der Waals surface area contributed by atoms with E-state index in [1.54, 1.807) is 4.90 Å². The summed E-state index contributed by atoms with van der Waals surface area (Å²) in [6.07, 6.45) is 2.71. The summed E-state index contributed by atoms with van der Waals surface area (Å²) in [6, 6.07) is 4.05. The van der Waals surface area contributed by atoms with Gasteiger partial charge in [-0.25, -0.2) is 0 Å². The van der Waals surface area contributed by atoms with E-state index in [1.807, 2.05) is 19.9 Å². The van der Waals surface area contributed by atoms with Crippen LogP contribution in [0.1, 0.15) is 24.0 Å². The molecule has 1 fully saturated rings. The van der Waals surface area contributed by atoms with Gasteiger partial charge < -0.3 is 15.5 Å². The lowest BCUT2D eigenvalue weighted by molar-refractivity contribution is -0.886. The molecule has 1 aromatic rings. The Kier molecular flexibility index (Phi) is 5.64. The molecule has 5 heteroatoms. The molecule has 0 amide bonds. The predicted molar refractivity (Wildman–Crippen MR) is 89.9 cm³/mol. The van der Waals surface area contributed by atoms with Gasteiger partial charge >= 0.3 is 0 Å². The quantitative estimate of drug-likeness (QED) is 0.742. The first kappa shape index (κ1) is 15.5. The maximum Gasteiger partial charge on any atom is 0.171 e. The van der Waals surface area contributed by atoms with Gasteiger partial charge in [0.2, 0.25) is 0 Å². The molecule has 0 aromatic heterocycles. The van der Waals surface area contributed by atoms with Crippen molar-refractivity contribution in [3.05, 3.63) is 28.3 Å². The van der Waals surface area contributed by atoms with Gasteiger partial charge in [0.15, 0.2) is 5.11 Å². The molecule has 3 nitrogen and oxygen atoms in total. The van der Waals surface area contributed by atoms with E-state index in [9.17, 15) is 0 Å². The summed E-state index contributed by atoms with van der Waals surface area (Å²) in [5.74, 6) is 0. The lowest BCUT2D eigenvalue weighted by Gasteiger charge is -2.16. The fourth-order valence-electron chi connectivity index (χ4n) is 2.71. The number of likely N-dealkylation sites (tertiary alicyclic amines) is 1. The number of benzene rings is 1. The van der Waals surface area contributed by atoms with Gasteiger partial charge in [-0.1, -0.05) is 17.7 Å². The van der Waals surface area contributed by atoms with Gasteiger partial charge in [-0.15, -0.1) is 0 Å². The fraction of sp³-hybridized carbons (Fsp3) is 0.533. The molecule has 110 valence electrons. The van der Waals surface area contributed by atoms with Crippen molar-refractivity contribution < 1.29 is 4.90 Å². The Bertz CT molecular complexity index is 461. The first-order valence-electron chi connectivity index (χ1n) is 7.21. The van der Waals surface area contributed by atoms with Crippen molar-refractivity contribution in [2.24, 2.45) is 0 Å². The molecule has 0 unspecified atom stereocenters. The second-order valence-electron chi connectivity index (χ2n) is 5.53. The molecular weight excluding hydrogens is 290 g/mol. The summed E-state index contributed by atoms with van der Waals surface area (Å²) >= 11 is 11.6. The van der Waals surface area contributed by atoms with E-state index in [0.717, 1.165) is 34.9 Å². The Labute approximate surface area is 131 Å². The van der Waals surface area contributed by atoms with Crippen molar-refractivity contribution in [1.82, 2.24) is 5.32 Å². The van der Waals surface area contributed by atoms with Crippen LogP contribution in [0.3, 0.4) is 0 Å².